The second-order valence-electron chi connectivity index (χ2n) is 8.27. The van der Waals surface area contributed by atoms with Crippen molar-refractivity contribution in [2.45, 2.75) is 31.2 Å². The van der Waals surface area contributed by atoms with Crippen molar-refractivity contribution < 1.29 is 32.6 Å². The van der Waals surface area contributed by atoms with Gasteiger partial charge in [-0.1, -0.05) is 0 Å². The van der Waals surface area contributed by atoms with Crippen LogP contribution in [-0.2, 0) is 24.3 Å². The summed E-state index contributed by atoms with van der Waals surface area (Å²) in [6.07, 6.45) is 0. The lowest BCUT2D eigenvalue weighted by Gasteiger charge is -2.23. The zero-order valence-corrected chi connectivity index (χ0v) is 20.1. The van der Waals surface area contributed by atoms with Crippen molar-refractivity contribution in [1.29, 1.82) is 0 Å². The summed E-state index contributed by atoms with van der Waals surface area (Å²) in [5, 5.41) is 14.6. The lowest BCUT2D eigenvalue weighted by Crippen LogP contribution is -2.46. The summed E-state index contributed by atoms with van der Waals surface area (Å²) >= 11 is 0. The zero-order valence-electron chi connectivity index (χ0n) is 19.3. The van der Waals surface area contributed by atoms with Gasteiger partial charge in [0, 0.05) is 38.9 Å². The van der Waals surface area contributed by atoms with Gasteiger partial charge in [0.15, 0.2) is 6.61 Å². The summed E-state index contributed by atoms with van der Waals surface area (Å²) in [6.45, 7) is 4.47. The van der Waals surface area contributed by atoms with Crippen LogP contribution in [0, 0.1) is 0 Å². The molecule has 0 saturated heterocycles. The highest BCUT2D eigenvalue weighted by molar-refractivity contribution is 7.89. The average Bonchev–Trinajstić information content (AvgIpc) is 2.68. The van der Waals surface area contributed by atoms with Crippen LogP contribution in [0.15, 0.2) is 23.1 Å². The van der Waals surface area contributed by atoms with E-state index in [9.17, 15) is 22.8 Å². The number of esters is 1. The molecule has 1 rings (SSSR count). The van der Waals surface area contributed by atoms with E-state index in [1.165, 1.54) is 33.3 Å². The standard InChI is InChI=1S/C20H32N4O7S/c1-20(2,3)22-17(26)12-24(6)18(27)13-31-19(28)15-11-14(32(29,30)23(4)5)7-8-16(15)21-9-10-25/h7-8,11,21,25H,9-10,12-13H2,1-6H3,(H,22,26). The van der Waals surface area contributed by atoms with Crippen LogP contribution in [0.2, 0.25) is 0 Å². The number of hydrogen-bond donors (Lipinski definition) is 3. The number of hydrogen-bond acceptors (Lipinski definition) is 8. The van der Waals surface area contributed by atoms with Crippen molar-refractivity contribution >= 4 is 33.5 Å². The van der Waals surface area contributed by atoms with Crippen LogP contribution in [0.3, 0.4) is 0 Å². The smallest absolute Gasteiger partial charge is 0.340 e. The van der Waals surface area contributed by atoms with E-state index in [1.807, 2.05) is 20.8 Å². The number of ether oxygens (including phenoxy) is 1. The molecule has 0 atom stereocenters. The van der Waals surface area contributed by atoms with E-state index >= 15 is 0 Å². The molecule has 0 radical (unpaired) electrons. The van der Waals surface area contributed by atoms with Gasteiger partial charge in [0.2, 0.25) is 15.9 Å². The van der Waals surface area contributed by atoms with Crippen LogP contribution < -0.4 is 10.6 Å². The Labute approximate surface area is 188 Å². The van der Waals surface area contributed by atoms with Gasteiger partial charge >= 0.3 is 5.97 Å². The van der Waals surface area contributed by atoms with Crippen molar-refractivity contribution in [2.75, 3.05) is 52.8 Å². The zero-order chi connectivity index (χ0) is 24.7. The Bertz CT molecular complexity index is 940. The molecule has 0 bridgehead atoms. The molecule has 1 aromatic carbocycles. The summed E-state index contributed by atoms with van der Waals surface area (Å²) in [4.78, 5) is 37.8. The van der Waals surface area contributed by atoms with Gasteiger partial charge in [-0.05, 0) is 39.0 Å². The van der Waals surface area contributed by atoms with Gasteiger partial charge < -0.3 is 25.4 Å². The van der Waals surface area contributed by atoms with Crippen molar-refractivity contribution in [1.82, 2.24) is 14.5 Å². The molecule has 0 aromatic heterocycles. The number of rotatable bonds is 10. The van der Waals surface area contributed by atoms with E-state index in [0.717, 1.165) is 15.3 Å². The number of nitrogens with one attached hydrogen (secondary N) is 2. The number of amides is 2. The molecule has 32 heavy (non-hydrogen) atoms. The molecule has 0 heterocycles. The van der Waals surface area contributed by atoms with Crippen molar-refractivity contribution in [3.63, 3.8) is 0 Å². The maximum atomic E-state index is 12.6. The van der Waals surface area contributed by atoms with Gasteiger partial charge in [-0.25, -0.2) is 17.5 Å². The largest absolute Gasteiger partial charge is 0.452 e. The molecule has 12 heteroatoms. The maximum absolute atomic E-state index is 12.6. The predicted octanol–water partition coefficient (Wildman–Crippen LogP) is -0.129. The highest BCUT2D eigenvalue weighted by atomic mass is 32.2. The van der Waals surface area contributed by atoms with Crippen LogP contribution in [0.5, 0.6) is 0 Å². The fourth-order valence-electron chi connectivity index (χ4n) is 2.48. The average molecular weight is 473 g/mol. The monoisotopic (exact) mass is 472 g/mol. The molecule has 0 aliphatic rings. The molecule has 3 N–H and O–H groups in total. The molecule has 180 valence electrons. The van der Waals surface area contributed by atoms with E-state index in [2.05, 4.69) is 10.6 Å². The van der Waals surface area contributed by atoms with Gasteiger partial charge in [-0.3, -0.25) is 9.59 Å². The van der Waals surface area contributed by atoms with E-state index in [1.54, 1.807) is 0 Å². The molecule has 0 saturated carbocycles. The first-order valence-corrected chi connectivity index (χ1v) is 11.3. The maximum Gasteiger partial charge on any atom is 0.340 e. The number of carbonyl (C=O) groups excluding carboxylic acids is 3. The topological polar surface area (TPSA) is 145 Å². The Balaban J connectivity index is 2.96. The number of carbonyl (C=O) groups is 3. The van der Waals surface area contributed by atoms with Crippen molar-refractivity contribution in [2.24, 2.45) is 0 Å². The Kier molecular flexibility index (Phi) is 9.61. The summed E-state index contributed by atoms with van der Waals surface area (Å²) in [5.74, 6) is -1.90. The van der Waals surface area contributed by atoms with E-state index in [4.69, 9.17) is 9.84 Å². The first-order chi connectivity index (χ1) is 14.7. The van der Waals surface area contributed by atoms with E-state index in [-0.39, 0.29) is 41.7 Å². The molecule has 0 spiro atoms. The molecule has 0 fully saturated rings. The number of aliphatic hydroxyl groups excluding tert-OH is 1. The first-order valence-electron chi connectivity index (χ1n) is 9.82. The van der Waals surface area contributed by atoms with Crippen LogP contribution in [0.25, 0.3) is 0 Å². The molecular weight excluding hydrogens is 440 g/mol. The molecular formula is C20H32N4O7S. The van der Waals surface area contributed by atoms with Gasteiger partial charge in [-0.15, -0.1) is 0 Å². The van der Waals surface area contributed by atoms with Crippen LogP contribution >= 0.6 is 0 Å². The van der Waals surface area contributed by atoms with E-state index in [0.29, 0.717) is 0 Å². The van der Waals surface area contributed by atoms with Crippen molar-refractivity contribution in [3.8, 4) is 0 Å². The fraction of sp³-hybridized carbons (Fsp3) is 0.550. The van der Waals surface area contributed by atoms with Gasteiger partial charge in [0.05, 0.1) is 23.6 Å². The predicted molar refractivity (Wildman–Crippen MR) is 119 cm³/mol. The van der Waals surface area contributed by atoms with E-state index < -0.39 is 34.0 Å². The normalized spacial score (nSPS) is 11.8. The number of benzene rings is 1. The molecule has 2 amide bonds. The van der Waals surface area contributed by atoms with Crippen molar-refractivity contribution in [3.05, 3.63) is 23.8 Å². The minimum Gasteiger partial charge on any atom is -0.452 e. The minimum absolute atomic E-state index is 0.109. The Morgan fingerprint density at radius 2 is 1.75 bits per heavy atom. The summed E-state index contributed by atoms with van der Waals surface area (Å²) in [7, 11) is 0.298. The Morgan fingerprint density at radius 3 is 2.28 bits per heavy atom. The number of likely N-dealkylation sites (N-methyl/N-ethyl adjacent to an activating group) is 1. The Hall–Kier alpha value is -2.70. The number of anilines is 1. The third-order valence-electron chi connectivity index (χ3n) is 4.06. The first kappa shape index (κ1) is 27.3. The summed E-state index contributed by atoms with van der Waals surface area (Å²) in [6, 6.07) is 3.84. The second kappa shape index (κ2) is 11.2. The molecule has 11 nitrogen and oxygen atoms in total. The van der Waals surface area contributed by atoms with Gasteiger partial charge in [-0.2, -0.15) is 0 Å². The van der Waals surface area contributed by atoms with Crippen LogP contribution in [0.1, 0.15) is 31.1 Å². The van der Waals surface area contributed by atoms with Crippen LogP contribution in [0.4, 0.5) is 5.69 Å². The minimum atomic E-state index is -3.81. The van der Waals surface area contributed by atoms with Gasteiger partial charge in [0.25, 0.3) is 5.91 Å². The lowest BCUT2D eigenvalue weighted by molar-refractivity contribution is -0.137. The summed E-state index contributed by atoms with van der Waals surface area (Å²) < 4.78 is 30.9. The molecule has 0 aliphatic heterocycles. The third-order valence-corrected chi connectivity index (χ3v) is 5.88. The number of aliphatic hydroxyl groups is 1. The second-order valence-corrected chi connectivity index (χ2v) is 10.4. The SMILES string of the molecule is CN(CC(=O)NC(C)(C)C)C(=O)COC(=O)c1cc(S(=O)(=O)N(C)C)ccc1NCCO. The molecule has 1 aromatic rings. The highest BCUT2D eigenvalue weighted by Crippen LogP contribution is 2.23. The quantitative estimate of drug-likeness (QED) is 0.399. The molecule has 0 unspecified atom stereocenters. The highest BCUT2D eigenvalue weighted by Gasteiger charge is 2.23. The number of nitrogens with zero attached hydrogens (tertiary/aromatic N) is 2. The fourth-order valence-corrected chi connectivity index (χ4v) is 3.41. The Morgan fingerprint density at radius 1 is 1.12 bits per heavy atom. The van der Waals surface area contributed by atoms with Gasteiger partial charge in [0.1, 0.15) is 0 Å². The number of sulfonamides is 1. The lowest BCUT2D eigenvalue weighted by atomic mass is 10.1. The summed E-state index contributed by atoms with van der Waals surface area (Å²) in [5.41, 5.74) is -0.321. The van der Waals surface area contributed by atoms with Crippen LogP contribution in [-0.4, -0.2) is 93.5 Å². The molecule has 0 aliphatic carbocycles. The third kappa shape index (κ3) is 8.09.